The largest absolute Gasteiger partial charge is 0.329 e. The summed E-state index contributed by atoms with van der Waals surface area (Å²) in [6.45, 7) is 12.2. The SMILES string of the molecule is C=C(S/C=C\C)C1=NCC(C(/C=C\C)=NC)=C2CC(C)CN12. The van der Waals surface area contributed by atoms with E-state index in [1.54, 1.807) is 11.8 Å². The third kappa shape index (κ3) is 3.43. The normalized spacial score (nSPS) is 22.7. The van der Waals surface area contributed by atoms with Gasteiger partial charge in [0.15, 0.2) is 0 Å². The van der Waals surface area contributed by atoms with Crippen LogP contribution in [0.15, 0.2) is 56.4 Å². The fourth-order valence-corrected chi connectivity index (χ4v) is 3.48. The molecule has 2 aliphatic rings. The van der Waals surface area contributed by atoms with E-state index in [1.165, 1.54) is 11.3 Å². The van der Waals surface area contributed by atoms with Crippen LogP contribution in [0.4, 0.5) is 0 Å². The molecule has 0 spiro atoms. The lowest BCUT2D eigenvalue weighted by Gasteiger charge is -2.29. The van der Waals surface area contributed by atoms with E-state index in [4.69, 9.17) is 4.99 Å². The fraction of sp³-hybridized carbons (Fsp3) is 0.444. The maximum absolute atomic E-state index is 4.81. The molecule has 2 rings (SSSR count). The Morgan fingerprint density at radius 2 is 2.18 bits per heavy atom. The summed E-state index contributed by atoms with van der Waals surface area (Å²) in [5.74, 6) is 1.67. The molecule has 2 heterocycles. The highest BCUT2D eigenvalue weighted by atomic mass is 32.2. The van der Waals surface area contributed by atoms with Gasteiger partial charge >= 0.3 is 0 Å². The molecule has 0 bridgehead atoms. The van der Waals surface area contributed by atoms with Gasteiger partial charge in [0.05, 0.1) is 12.3 Å². The minimum absolute atomic E-state index is 0.636. The number of thioether (sulfide) groups is 1. The van der Waals surface area contributed by atoms with Crippen molar-refractivity contribution in [3.05, 3.63) is 46.4 Å². The first-order valence-electron chi connectivity index (χ1n) is 7.73. The van der Waals surface area contributed by atoms with Gasteiger partial charge in [-0.2, -0.15) is 0 Å². The van der Waals surface area contributed by atoms with Crippen LogP contribution in [-0.2, 0) is 0 Å². The molecule has 3 nitrogen and oxygen atoms in total. The average molecular weight is 315 g/mol. The molecule has 0 saturated carbocycles. The van der Waals surface area contributed by atoms with Gasteiger partial charge in [0.2, 0.25) is 0 Å². The lowest BCUT2D eigenvalue weighted by molar-refractivity contribution is 0.522. The van der Waals surface area contributed by atoms with E-state index in [0.29, 0.717) is 12.5 Å². The third-order valence-electron chi connectivity index (χ3n) is 3.82. The fourth-order valence-electron chi connectivity index (χ4n) is 2.90. The highest BCUT2D eigenvalue weighted by molar-refractivity contribution is 8.06. The predicted molar refractivity (Wildman–Crippen MR) is 99.5 cm³/mol. The van der Waals surface area contributed by atoms with Crippen LogP contribution >= 0.6 is 11.8 Å². The van der Waals surface area contributed by atoms with Crippen LogP contribution in [0.3, 0.4) is 0 Å². The number of fused-ring (bicyclic) bond motifs is 1. The zero-order chi connectivity index (χ0) is 16.1. The first-order valence-corrected chi connectivity index (χ1v) is 8.61. The molecule has 2 aliphatic heterocycles. The molecule has 0 aliphatic carbocycles. The molecule has 1 unspecified atom stereocenters. The van der Waals surface area contributed by atoms with Gasteiger partial charge in [-0.05, 0) is 37.7 Å². The summed E-state index contributed by atoms with van der Waals surface area (Å²) in [5.41, 5.74) is 3.68. The van der Waals surface area contributed by atoms with Crippen molar-refractivity contribution in [2.24, 2.45) is 15.9 Å². The van der Waals surface area contributed by atoms with Crippen molar-refractivity contribution in [1.29, 1.82) is 0 Å². The number of aliphatic imine (C=N–C) groups is 2. The van der Waals surface area contributed by atoms with Gasteiger partial charge in [-0.3, -0.25) is 9.98 Å². The van der Waals surface area contributed by atoms with Gasteiger partial charge in [0, 0.05) is 29.8 Å². The second-order valence-electron chi connectivity index (χ2n) is 5.60. The van der Waals surface area contributed by atoms with Gasteiger partial charge in [0.25, 0.3) is 0 Å². The minimum Gasteiger partial charge on any atom is -0.329 e. The molecule has 0 aromatic carbocycles. The minimum atomic E-state index is 0.636. The second kappa shape index (κ2) is 7.63. The average Bonchev–Trinajstić information content (AvgIpc) is 2.90. The molecule has 118 valence electrons. The molecule has 0 radical (unpaired) electrons. The Bertz CT molecular complexity index is 593. The smallest absolute Gasteiger partial charge is 0.141 e. The van der Waals surface area contributed by atoms with Crippen LogP contribution in [0.25, 0.3) is 0 Å². The number of allylic oxidation sites excluding steroid dienone is 4. The van der Waals surface area contributed by atoms with Crippen LogP contribution in [0.1, 0.15) is 27.2 Å². The van der Waals surface area contributed by atoms with E-state index in [2.05, 4.69) is 34.9 Å². The quantitative estimate of drug-likeness (QED) is 0.702. The maximum Gasteiger partial charge on any atom is 0.141 e. The van der Waals surface area contributed by atoms with Crippen molar-refractivity contribution < 1.29 is 0 Å². The van der Waals surface area contributed by atoms with Crippen LogP contribution in [0.2, 0.25) is 0 Å². The topological polar surface area (TPSA) is 28.0 Å². The summed E-state index contributed by atoms with van der Waals surface area (Å²) < 4.78 is 0. The van der Waals surface area contributed by atoms with Crippen molar-refractivity contribution in [2.45, 2.75) is 27.2 Å². The highest BCUT2D eigenvalue weighted by Crippen LogP contribution is 2.35. The first kappa shape index (κ1) is 16.8. The Labute approximate surface area is 138 Å². The summed E-state index contributed by atoms with van der Waals surface area (Å²) in [5, 5.41) is 2.06. The summed E-state index contributed by atoms with van der Waals surface area (Å²) in [6, 6.07) is 0. The first-order chi connectivity index (χ1) is 10.6. The summed E-state index contributed by atoms with van der Waals surface area (Å²) >= 11 is 1.64. The Kier molecular flexibility index (Phi) is 5.83. The number of amidine groups is 1. The molecule has 0 aromatic heterocycles. The molecule has 1 saturated heterocycles. The van der Waals surface area contributed by atoms with Crippen LogP contribution in [0, 0.1) is 5.92 Å². The molecule has 1 fully saturated rings. The van der Waals surface area contributed by atoms with E-state index < -0.39 is 0 Å². The second-order valence-corrected chi connectivity index (χ2v) is 6.60. The zero-order valence-corrected chi connectivity index (χ0v) is 14.8. The number of nitrogens with zero attached hydrogens (tertiary/aromatic N) is 3. The molecule has 0 aromatic rings. The van der Waals surface area contributed by atoms with Gasteiger partial charge in [-0.1, -0.05) is 37.4 Å². The molecular weight excluding hydrogens is 290 g/mol. The Morgan fingerprint density at radius 1 is 1.41 bits per heavy atom. The molecule has 0 amide bonds. The van der Waals surface area contributed by atoms with Crippen molar-refractivity contribution in [2.75, 3.05) is 20.1 Å². The van der Waals surface area contributed by atoms with Crippen LogP contribution in [-0.4, -0.2) is 36.6 Å². The molecule has 4 heteroatoms. The number of rotatable bonds is 5. The highest BCUT2D eigenvalue weighted by Gasteiger charge is 2.33. The zero-order valence-electron chi connectivity index (χ0n) is 14.0. The van der Waals surface area contributed by atoms with E-state index >= 15 is 0 Å². The number of hydrogen-bond acceptors (Lipinski definition) is 4. The van der Waals surface area contributed by atoms with Crippen molar-refractivity contribution in [3.8, 4) is 0 Å². The van der Waals surface area contributed by atoms with Gasteiger partial charge in [-0.15, -0.1) is 0 Å². The van der Waals surface area contributed by atoms with Crippen molar-refractivity contribution in [3.63, 3.8) is 0 Å². The Balaban J connectivity index is 2.34. The van der Waals surface area contributed by atoms with Gasteiger partial charge < -0.3 is 4.90 Å². The maximum atomic E-state index is 4.81. The standard InChI is InChI=1S/C18H25N3S/c1-6-8-16(19-5)15-11-20-18(14(4)22-9-7-2)21-12-13(3)10-17(15)21/h6-9,13H,4,10-12H2,1-3,5H3/b8-6-,9-7-,19-16?. The van der Waals surface area contributed by atoms with Crippen molar-refractivity contribution >= 4 is 23.3 Å². The van der Waals surface area contributed by atoms with E-state index in [1.807, 2.05) is 33.0 Å². The predicted octanol–water partition coefficient (Wildman–Crippen LogP) is 4.42. The van der Waals surface area contributed by atoms with Gasteiger partial charge in [-0.25, -0.2) is 0 Å². The Morgan fingerprint density at radius 3 is 2.82 bits per heavy atom. The Hall–Kier alpha value is -1.55. The van der Waals surface area contributed by atoms with E-state index in [9.17, 15) is 0 Å². The summed E-state index contributed by atoms with van der Waals surface area (Å²) in [4.78, 5) is 12.6. The lowest BCUT2D eigenvalue weighted by atomic mass is 10.0. The molecule has 22 heavy (non-hydrogen) atoms. The van der Waals surface area contributed by atoms with Crippen LogP contribution in [0.5, 0.6) is 0 Å². The lowest BCUT2D eigenvalue weighted by Crippen LogP contribution is -2.33. The van der Waals surface area contributed by atoms with E-state index in [0.717, 1.165) is 29.4 Å². The summed E-state index contributed by atoms with van der Waals surface area (Å²) in [7, 11) is 1.85. The molecule has 0 N–H and O–H groups in total. The van der Waals surface area contributed by atoms with E-state index in [-0.39, 0.29) is 0 Å². The molecule has 1 atom stereocenters. The monoisotopic (exact) mass is 315 g/mol. The van der Waals surface area contributed by atoms with Crippen molar-refractivity contribution in [1.82, 2.24) is 4.90 Å². The number of hydrogen-bond donors (Lipinski definition) is 0. The van der Waals surface area contributed by atoms with Gasteiger partial charge in [0.1, 0.15) is 5.84 Å². The summed E-state index contributed by atoms with van der Waals surface area (Å²) in [6.07, 6.45) is 7.24. The van der Waals surface area contributed by atoms with Crippen LogP contribution < -0.4 is 0 Å². The molecular formula is C18H25N3S. The third-order valence-corrected chi connectivity index (χ3v) is 4.70.